The van der Waals surface area contributed by atoms with E-state index in [1.807, 2.05) is 0 Å². The second-order valence-electron chi connectivity index (χ2n) is 4.08. The SMILES string of the molecule is CC[C@@H](C(=O)NC)N(c1cccc(Cl)c1)S(C)(=O)=O. The first kappa shape index (κ1) is 15.8. The molecular formula is C12H17ClN2O3S. The maximum atomic E-state index is 12.0. The molecule has 0 saturated heterocycles. The van der Waals surface area contributed by atoms with Crippen molar-refractivity contribution >= 4 is 33.2 Å². The van der Waals surface area contributed by atoms with E-state index in [1.165, 1.54) is 13.1 Å². The molecule has 0 fully saturated rings. The third-order valence-corrected chi connectivity index (χ3v) is 4.05. The van der Waals surface area contributed by atoms with Gasteiger partial charge in [-0.3, -0.25) is 9.10 Å². The number of carbonyl (C=O) groups is 1. The molecule has 0 radical (unpaired) electrons. The minimum Gasteiger partial charge on any atom is -0.357 e. The van der Waals surface area contributed by atoms with E-state index >= 15 is 0 Å². The van der Waals surface area contributed by atoms with E-state index in [4.69, 9.17) is 11.6 Å². The van der Waals surface area contributed by atoms with Crippen molar-refractivity contribution in [2.75, 3.05) is 17.6 Å². The smallest absolute Gasteiger partial charge is 0.243 e. The fourth-order valence-electron chi connectivity index (χ4n) is 1.84. The molecule has 1 atom stereocenters. The van der Waals surface area contributed by atoms with Gasteiger partial charge >= 0.3 is 0 Å². The number of amides is 1. The molecule has 106 valence electrons. The number of likely N-dealkylation sites (N-methyl/N-ethyl adjacent to an activating group) is 1. The molecule has 0 aliphatic rings. The van der Waals surface area contributed by atoms with Crippen LogP contribution in [-0.2, 0) is 14.8 Å². The highest BCUT2D eigenvalue weighted by atomic mass is 35.5. The Kier molecular flexibility index (Phi) is 5.20. The Morgan fingerprint density at radius 2 is 2.11 bits per heavy atom. The quantitative estimate of drug-likeness (QED) is 0.899. The highest BCUT2D eigenvalue weighted by molar-refractivity contribution is 7.92. The van der Waals surface area contributed by atoms with Crippen molar-refractivity contribution in [3.63, 3.8) is 0 Å². The Labute approximate surface area is 118 Å². The first-order valence-corrected chi connectivity index (χ1v) is 8.00. The molecule has 1 rings (SSSR count). The van der Waals surface area contributed by atoms with Crippen molar-refractivity contribution < 1.29 is 13.2 Å². The largest absolute Gasteiger partial charge is 0.357 e. The number of carbonyl (C=O) groups excluding carboxylic acids is 1. The number of halogens is 1. The van der Waals surface area contributed by atoms with Gasteiger partial charge in [0.2, 0.25) is 15.9 Å². The van der Waals surface area contributed by atoms with Crippen LogP contribution >= 0.6 is 11.6 Å². The summed E-state index contributed by atoms with van der Waals surface area (Å²) in [7, 11) is -2.11. The number of sulfonamides is 1. The van der Waals surface area contributed by atoms with Crippen molar-refractivity contribution in [1.29, 1.82) is 0 Å². The van der Waals surface area contributed by atoms with Gasteiger partial charge in [0.25, 0.3) is 0 Å². The molecule has 7 heteroatoms. The van der Waals surface area contributed by atoms with E-state index in [9.17, 15) is 13.2 Å². The van der Waals surface area contributed by atoms with Gasteiger partial charge in [0.15, 0.2) is 0 Å². The van der Waals surface area contributed by atoms with Crippen molar-refractivity contribution in [1.82, 2.24) is 5.32 Å². The van der Waals surface area contributed by atoms with Gasteiger partial charge in [-0.1, -0.05) is 24.6 Å². The molecule has 19 heavy (non-hydrogen) atoms. The number of anilines is 1. The van der Waals surface area contributed by atoms with Crippen LogP contribution in [0.15, 0.2) is 24.3 Å². The molecule has 0 heterocycles. The molecule has 0 bridgehead atoms. The zero-order valence-electron chi connectivity index (χ0n) is 11.1. The van der Waals surface area contributed by atoms with Gasteiger partial charge in [0.05, 0.1) is 11.9 Å². The summed E-state index contributed by atoms with van der Waals surface area (Å²) in [4.78, 5) is 11.8. The van der Waals surface area contributed by atoms with Crippen LogP contribution in [0.5, 0.6) is 0 Å². The van der Waals surface area contributed by atoms with Crippen LogP contribution in [0.1, 0.15) is 13.3 Å². The van der Waals surface area contributed by atoms with E-state index in [0.29, 0.717) is 17.1 Å². The molecule has 1 N–H and O–H groups in total. The van der Waals surface area contributed by atoms with Gasteiger partial charge in [-0.05, 0) is 24.6 Å². The zero-order valence-corrected chi connectivity index (χ0v) is 12.6. The summed E-state index contributed by atoms with van der Waals surface area (Å²) >= 11 is 5.88. The van der Waals surface area contributed by atoms with Crippen LogP contribution in [0.3, 0.4) is 0 Å². The highest BCUT2D eigenvalue weighted by Crippen LogP contribution is 2.25. The van der Waals surface area contributed by atoms with Crippen molar-refractivity contribution in [2.24, 2.45) is 0 Å². The predicted octanol–water partition coefficient (Wildman–Crippen LogP) is 1.63. The summed E-state index contributed by atoms with van der Waals surface area (Å²) in [5.41, 5.74) is 0.380. The predicted molar refractivity (Wildman–Crippen MR) is 76.9 cm³/mol. The summed E-state index contributed by atoms with van der Waals surface area (Å²) in [6, 6.07) is 5.63. The molecule has 0 spiro atoms. The van der Waals surface area contributed by atoms with E-state index in [1.54, 1.807) is 25.1 Å². The molecule has 0 aromatic heterocycles. The number of hydrogen-bond donors (Lipinski definition) is 1. The minimum absolute atomic E-state index is 0.354. The standard InChI is InChI=1S/C12H17ClN2O3S/c1-4-11(12(16)14-2)15(19(3,17)18)10-7-5-6-9(13)8-10/h5-8,11H,4H2,1-3H3,(H,14,16)/t11-/m0/s1. The molecule has 0 aliphatic heterocycles. The van der Waals surface area contributed by atoms with Gasteiger partial charge in [0.1, 0.15) is 6.04 Å². The number of hydrogen-bond acceptors (Lipinski definition) is 3. The summed E-state index contributed by atoms with van der Waals surface area (Å²) in [6.07, 6.45) is 1.43. The average Bonchev–Trinajstić information content (AvgIpc) is 2.33. The lowest BCUT2D eigenvalue weighted by Gasteiger charge is -2.29. The van der Waals surface area contributed by atoms with E-state index < -0.39 is 16.1 Å². The Balaban J connectivity index is 3.34. The molecule has 1 amide bonds. The van der Waals surface area contributed by atoms with Gasteiger partial charge in [-0.2, -0.15) is 0 Å². The fourth-order valence-corrected chi connectivity index (χ4v) is 3.23. The molecule has 0 aliphatic carbocycles. The molecule has 1 aromatic carbocycles. The van der Waals surface area contributed by atoms with Crippen LogP contribution in [-0.4, -0.2) is 33.7 Å². The topological polar surface area (TPSA) is 66.5 Å². The highest BCUT2D eigenvalue weighted by Gasteiger charge is 2.30. The second-order valence-corrected chi connectivity index (χ2v) is 6.37. The maximum absolute atomic E-state index is 12.0. The molecule has 1 aromatic rings. The average molecular weight is 305 g/mol. The second kappa shape index (κ2) is 6.25. The molecule has 5 nitrogen and oxygen atoms in total. The van der Waals surface area contributed by atoms with Gasteiger partial charge in [-0.25, -0.2) is 8.42 Å². The van der Waals surface area contributed by atoms with Gasteiger partial charge in [0, 0.05) is 12.1 Å². The summed E-state index contributed by atoms with van der Waals surface area (Å²) < 4.78 is 25.0. The monoisotopic (exact) mass is 304 g/mol. The number of benzene rings is 1. The third-order valence-electron chi connectivity index (χ3n) is 2.64. The maximum Gasteiger partial charge on any atom is 0.243 e. The van der Waals surface area contributed by atoms with Gasteiger partial charge < -0.3 is 5.32 Å². The van der Waals surface area contributed by atoms with Crippen molar-refractivity contribution in [3.05, 3.63) is 29.3 Å². The lowest BCUT2D eigenvalue weighted by atomic mass is 10.2. The molecular weight excluding hydrogens is 288 g/mol. The Morgan fingerprint density at radius 1 is 1.47 bits per heavy atom. The lowest BCUT2D eigenvalue weighted by molar-refractivity contribution is -0.121. The Bertz CT molecular complexity index is 560. The first-order valence-electron chi connectivity index (χ1n) is 5.77. The van der Waals surface area contributed by atoms with Crippen LogP contribution in [0.4, 0.5) is 5.69 Å². The summed E-state index contributed by atoms with van der Waals surface area (Å²) in [6.45, 7) is 1.75. The van der Waals surface area contributed by atoms with Crippen LogP contribution in [0.2, 0.25) is 5.02 Å². The van der Waals surface area contributed by atoms with Crippen LogP contribution in [0.25, 0.3) is 0 Å². The molecule has 0 saturated carbocycles. The first-order chi connectivity index (χ1) is 8.81. The lowest BCUT2D eigenvalue weighted by Crippen LogP contribution is -2.48. The van der Waals surface area contributed by atoms with Crippen LogP contribution < -0.4 is 9.62 Å². The Morgan fingerprint density at radius 3 is 2.53 bits per heavy atom. The zero-order chi connectivity index (χ0) is 14.6. The molecule has 0 unspecified atom stereocenters. The Hall–Kier alpha value is -1.27. The van der Waals surface area contributed by atoms with Crippen molar-refractivity contribution in [3.8, 4) is 0 Å². The summed E-state index contributed by atoms with van der Waals surface area (Å²) in [5, 5.41) is 2.89. The number of rotatable bonds is 5. The minimum atomic E-state index is -3.59. The third kappa shape index (κ3) is 3.84. The summed E-state index contributed by atoms with van der Waals surface area (Å²) in [5.74, 6) is -0.354. The normalized spacial score (nSPS) is 12.8. The number of nitrogens with one attached hydrogen (secondary N) is 1. The van der Waals surface area contributed by atoms with E-state index in [-0.39, 0.29) is 5.91 Å². The fraction of sp³-hybridized carbons (Fsp3) is 0.417. The van der Waals surface area contributed by atoms with E-state index in [2.05, 4.69) is 5.32 Å². The number of nitrogens with zero attached hydrogens (tertiary/aromatic N) is 1. The van der Waals surface area contributed by atoms with Crippen LogP contribution in [0, 0.1) is 0 Å². The van der Waals surface area contributed by atoms with Gasteiger partial charge in [-0.15, -0.1) is 0 Å². The van der Waals surface area contributed by atoms with E-state index in [0.717, 1.165) is 10.6 Å². The van der Waals surface area contributed by atoms with Crippen molar-refractivity contribution in [2.45, 2.75) is 19.4 Å².